The molecular formula is C13H24N4. The van der Waals surface area contributed by atoms with Crippen molar-refractivity contribution in [2.24, 2.45) is 7.05 Å². The highest BCUT2D eigenvalue weighted by molar-refractivity contribution is 5.42. The second-order valence-electron chi connectivity index (χ2n) is 5.13. The van der Waals surface area contributed by atoms with Crippen molar-refractivity contribution in [3.63, 3.8) is 0 Å². The maximum absolute atomic E-state index is 6.07. The quantitative estimate of drug-likeness (QED) is 0.822. The number of anilines is 1. The van der Waals surface area contributed by atoms with Crippen LogP contribution >= 0.6 is 0 Å². The molecule has 1 aliphatic carbocycles. The zero-order valence-corrected chi connectivity index (χ0v) is 11.2. The maximum atomic E-state index is 6.07. The molecule has 0 atom stereocenters. The highest BCUT2D eigenvalue weighted by Gasteiger charge is 2.29. The van der Waals surface area contributed by atoms with Crippen molar-refractivity contribution in [2.45, 2.75) is 52.1 Å². The Morgan fingerprint density at radius 2 is 2.18 bits per heavy atom. The SMILES string of the molecule is CCCCN(Cc1c(C)nn(C)c1N)C1CC1. The zero-order chi connectivity index (χ0) is 12.4. The standard InChI is InChI=1S/C13H24N4/c1-4-5-8-17(11-6-7-11)9-12-10(2)15-16(3)13(12)14/h11H,4-9,14H2,1-3H3. The van der Waals surface area contributed by atoms with E-state index in [-0.39, 0.29) is 0 Å². The molecule has 0 aliphatic heterocycles. The van der Waals surface area contributed by atoms with E-state index in [1.165, 1.54) is 37.8 Å². The molecular weight excluding hydrogens is 212 g/mol. The van der Waals surface area contributed by atoms with Gasteiger partial charge in [0.15, 0.2) is 0 Å². The summed E-state index contributed by atoms with van der Waals surface area (Å²) in [5.41, 5.74) is 8.37. The number of nitrogens with zero attached hydrogens (tertiary/aromatic N) is 3. The van der Waals surface area contributed by atoms with Gasteiger partial charge in [0.2, 0.25) is 0 Å². The van der Waals surface area contributed by atoms with Crippen LogP contribution in [0.1, 0.15) is 43.9 Å². The van der Waals surface area contributed by atoms with E-state index in [1.807, 2.05) is 7.05 Å². The largest absolute Gasteiger partial charge is 0.384 e. The first kappa shape index (κ1) is 12.4. The number of aryl methyl sites for hydroxylation is 2. The van der Waals surface area contributed by atoms with Crippen LogP contribution < -0.4 is 5.73 Å². The number of hydrogen-bond donors (Lipinski definition) is 1. The molecule has 1 aliphatic rings. The molecule has 4 nitrogen and oxygen atoms in total. The average molecular weight is 236 g/mol. The van der Waals surface area contributed by atoms with Gasteiger partial charge in [0.05, 0.1) is 5.69 Å². The van der Waals surface area contributed by atoms with Gasteiger partial charge >= 0.3 is 0 Å². The lowest BCUT2D eigenvalue weighted by Crippen LogP contribution is -2.27. The van der Waals surface area contributed by atoms with Crippen LogP contribution in [-0.4, -0.2) is 27.3 Å². The molecule has 96 valence electrons. The van der Waals surface area contributed by atoms with Gasteiger partial charge in [0.25, 0.3) is 0 Å². The van der Waals surface area contributed by atoms with Gasteiger partial charge in [-0.3, -0.25) is 9.58 Å². The molecule has 1 fully saturated rings. The van der Waals surface area contributed by atoms with E-state index in [1.54, 1.807) is 4.68 Å². The van der Waals surface area contributed by atoms with Crippen LogP contribution in [0.5, 0.6) is 0 Å². The molecule has 0 amide bonds. The molecule has 0 unspecified atom stereocenters. The van der Waals surface area contributed by atoms with Crippen LogP contribution in [0.25, 0.3) is 0 Å². The van der Waals surface area contributed by atoms with Crippen molar-refractivity contribution in [1.29, 1.82) is 0 Å². The van der Waals surface area contributed by atoms with Gasteiger partial charge in [-0.1, -0.05) is 13.3 Å². The summed E-state index contributed by atoms with van der Waals surface area (Å²) in [7, 11) is 1.92. The minimum atomic E-state index is 0.792. The lowest BCUT2D eigenvalue weighted by molar-refractivity contribution is 0.250. The Hall–Kier alpha value is -1.03. The number of unbranched alkanes of at least 4 members (excludes halogenated alkanes) is 1. The lowest BCUT2D eigenvalue weighted by atomic mass is 10.2. The monoisotopic (exact) mass is 236 g/mol. The van der Waals surface area contributed by atoms with E-state index in [4.69, 9.17) is 5.73 Å². The summed E-state index contributed by atoms with van der Waals surface area (Å²) in [6.45, 7) is 6.45. The van der Waals surface area contributed by atoms with Crippen LogP contribution in [-0.2, 0) is 13.6 Å². The van der Waals surface area contributed by atoms with E-state index < -0.39 is 0 Å². The minimum Gasteiger partial charge on any atom is -0.384 e. The smallest absolute Gasteiger partial charge is 0.126 e. The molecule has 2 N–H and O–H groups in total. The highest BCUT2D eigenvalue weighted by atomic mass is 15.3. The molecule has 0 aromatic carbocycles. The summed E-state index contributed by atoms with van der Waals surface area (Å²) in [6, 6.07) is 0.792. The predicted molar refractivity (Wildman–Crippen MR) is 70.7 cm³/mol. The summed E-state index contributed by atoms with van der Waals surface area (Å²) in [5, 5.41) is 4.39. The van der Waals surface area contributed by atoms with Crippen molar-refractivity contribution in [3.05, 3.63) is 11.3 Å². The van der Waals surface area contributed by atoms with Crippen molar-refractivity contribution in [1.82, 2.24) is 14.7 Å². The number of nitrogens with two attached hydrogens (primary N) is 1. The number of aromatic nitrogens is 2. The normalized spacial score (nSPS) is 15.8. The Labute approximate surface area is 104 Å². The van der Waals surface area contributed by atoms with Gasteiger partial charge in [-0.05, 0) is 32.7 Å². The molecule has 0 saturated heterocycles. The zero-order valence-electron chi connectivity index (χ0n) is 11.2. The van der Waals surface area contributed by atoms with Crippen LogP contribution in [0.2, 0.25) is 0 Å². The van der Waals surface area contributed by atoms with Crippen LogP contribution in [0.15, 0.2) is 0 Å². The van der Waals surface area contributed by atoms with Crippen LogP contribution in [0, 0.1) is 6.92 Å². The van der Waals surface area contributed by atoms with E-state index >= 15 is 0 Å². The molecule has 1 aromatic rings. The van der Waals surface area contributed by atoms with Crippen LogP contribution in [0.3, 0.4) is 0 Å². The molecule has 2 rings (SSSR count). The molecule has 0 radical (unpaired) electrons. The first-order valence-corrected chi connectivity index (χ1v) is 6.65. The van der Waals surface area contributed by atoms with E-state index in [9.17, 15) is 0 Å². The topological polar surface area (TPSA) is 47.1 Å². The van der Waals surface area contributed by atoms with Crippen molar-refractivity contribution < 1.29 is 0 Å². The Balaban J connectivity index is 2.05. The number of hydrogen-bond acceptors (Lipinski definition) is 3. The molecule has 1 saturated carbocycles. The molecule has 1 heterocycles. The average Bonchev–Trinajstić information content (AvgIpc) is 3.09. The fourth-order valence-electron chi connectivity index (χ4n) is 2.31. The van der Waals surface area contributed by atoms with E-state index in [2.05, 4.69) is 23.8 Å². The maximum Gasteiger partial charge on any atom is 0.126 e. The van der Waals surface area contributed by atoms with Gasteiger partial charge in [-0.25, -0.2) is 0 Å². The Bertz CT molecular complexity index is 379. The van der Waals surface area contributed by atoms with E-state index in [0.29, 0.717) is 0 Å². The molecule has 0 spiro atoms. The Kier molecular flexibility index (Phi) is 3.72. The van der Waals surface area contributed by atoms with Crippen molar-refractivity contribution in [2.75, 3.05) is 12.3 Å². The van der Waals surface area contributed by atoms with Gasteiger partial charge in [-0.2, -0.15) is 5.10 Å². The van der Waals surface area contributed by atoms with E-state index in [0.717, 1.165) is 24.1 Å². The van der Waals surface area contributed by atoms with Gasteiger partial charge in [0.1, 0.15) is 5.82 Å². The van der Waals surface area contributed by atoms with Crippen molar-refractivity contribution >= 4 is 5.82 Å². The molecule has 4 heteroatoms. The molecule has 0 bridgehead atoms. The lowest BCUT2D eigenvalue weighted by Gasteiger charge is -2.21. The third-order valence-electron chi connectivity index (χ3n) is 3.62. The Morgan fingerprint density at radius 1 is 1.47 bits per heavy atom. The third-order valence-corrected chi connectivity index (χ3v) is 3.62. The molecule has 1 aromatic heterocycles. The van der Waals surface area contributed by atoms with Crippen LogP contribution in [0.4, 0.5) is 5.82 Å². The highest BCUT2D eigenvalue weighted by Crippen LogP contribution is 2.30. The van der Waals surface area contributed by atoms with Gasteiger partial charge < -0.3 is 5.73 Å². The van der Waals surface area contributed by atoms with Gasteiger partial charge in [-0.15, -0.1) is 0 Å². The summed E-state index contributed by atoms with van der Waals surface area (Å²) < 4.78 is 1.79. The second-order valence-corrected chi connectivity index (χ2v) is 5.13. The number of nitrogen functional groups attached to an aromatic ring is 1. The fraction of sp³-hybridized carbons (Fsp3) is 0.769. The number of rotatable bonds is 6. The summed E-state index contributed by atoms with van der Waals surface area (Å²) in [4.78, 5) is 2.57. The second kappa shape index (κ2) is 5.08. The Morgan fingerprint density at radius 3 is 2.65 bits per heavy atom. The summed E-state index contributed by atoms with van der Waals surface area (Å²) in [5.74, 6) is 0.824. The molecule has 17 heavy (non-hydrogen) atoms. The summed E-state index contributed by atoms with van der Waals surface area (Å²) in [6.07, 6.45) is 5.23. The van der Waals surface area contributed by atoms with Gasteiger partial charge in [0, 0.05) is 25.2 Å². The fourth-order valence-corrected chi connectivity index (χ4v) is 2.31. The third kappa shape index (κ3) is 2.80. The first-order valence-electron chi connectivity index (χ1n) is 6.65. The predicted octanol–water partition coefficient (Wildman–Crippen LogP) is 2.08. The first-order chi connectivity index (χ1) is 8.13. The van der Waals surface area contributed by atoms with Crippen molar-refractivity contribution in [3.8, 4) is 0 Å². The minimum absolute atomic E-state index is 0.792. The summed E-state index contributed by atoms with van der Waals surface area (Å²) >= 11 is 0.